The van der Waals surface area contributed by atoms with E-state index in [1.807, 2.05) is 13.8 Å². The Morgan fingerprint density at radius 1 is 0.864 bits per heavy atom. The Kier molecular flexibility index (Phi) is 8.13. The van der Waals surface area contributed by atoms with Crippen molar-refractivity contribution in [1.82, 2.24) is 0 Å². The number of benzene rings is 1. The summed E-state index contributed by atoms with van der Waals surface area (Å²) in [7, 11) is -2.09. The number of unbranched alkanes of at least 4 members (excludes halogenated alkanes) is 2. The second-order valence-corrected chi connectivity index (χ2v) is 8.76. The Morgan fingerprint density at radius 2 is 1.45 bits per heavy atom. The Labute approximate surface area is 131 Å². The van der Waals surface area contributed by atoms with Crippen molar-refractivity contribution in [3.8, 4) is 0 Å². The predicted octanol–water partition coefficient (Wildman–Crippen LogP) is 4.96. The zero-order valence-corrected chi connectivity index (χ0v) is 14.6. The van der Waals surface area contributed by atoms with Crippen LogP contribution in [-0.2, 0) is 15.3 Å². The van der Waals surface area contributed by atoms with Gasteiger partial charge in [0.2, 0.25) is 0 Å². The van der Waals surface area contributed by atoms with Gasteiger partial charge in [-0.2, -0.15) is 0 Å². The lowest BCUT2D eigenvalue weighted by Gasteiger charge is -2.25. The van der Waals surface area contributed by atoms with Crippen molar-refractivity contribution in [2.24, 2.45) is 0 Å². The third kappa shape index (κ3) is 6.10. The van der Waals surface area contributed by atoms with Crippen molar-refractivity contribution in [3.05, 3.63) is 35.1 Å². The Balaban J connectivity index is 2.37. The summed E-state index contributed by atoms with van der Waals surface area (Å²) in [5.74, 6) is -2.82. The van der Waals surface area contributed by atoms with Crippen molar-refractivity contribution < 1.29 is 22.0 Å². The molecule has 126 valence electrons. The van der Waals surface area contributed by atoms with E-state index in [9.17, 15) is 13.2 Å². The van der Waals surface area contributed by atoms with Crippen LogP contribution in [0.3, 0.4) is 0 Å². The first-order valence-corrected chi connectivity index (χ1v) is 10.4. The van der Waals surface area contributed by atoms with Crippen molar-refractivity contribution in [2.45, 2.75) is 52.1 Å². The molecule has 1 aromatic rings. The Bertz CT molecular complexity index is 463. The van der Waals surface area contributed by atoms with Crippen LogP contribution in [-0.4, -0.2) is 21.8 Å². The van der Waals surface area contributed by atoms with Crippen molar-refractivity contribution >= 4 is 8.56 Å². The van der Waals surface area contributed by atoms with Crippen molar-refractivity contribution in [2.75, 3.05) is 13.2 Å². The van der Waals surface area contributed by atoms with Crippen molar-refractivity contribution in [1.29, 1.82) is 0 Å². The third-order valence-electron chi connectivity index (χ3n) is 3.57. The van der Waals surface area contributed by atoms with E-state index in [0.29, 0.717) is 25.7 Å². The Hall–Kier alpha value is -0.853. The molecule has 22 heavy (non-hydrogen) atoms. The molecule has 0 N–H and O–H groups in total. The van der Waals surface area contributed by atoms with Gasteiger partial charge in [-0.1, -0.05) is 12.8 Å². The minimum Gasteiger partial charge on any atom is -0.395 e. The van der Waals surface area contributed by atoms with Gasteiger partial charge in [-0.15, -0.1) is 0 Å². The highest BCUT2D eigenvalue weighted by Crippen LogP contribution is 2.20. The highest BCUT2D eigenvalue weighted by Gasteiger charge is 2.29. The van der Waals surface area contributed by atoms with Crippen molar-refractivity contribution in [3.63, 3.8) is 0 Å². The molecule has 0 fully saturated rings. The van der Waals surface area contributed by atoms with Gasteiger partial charge in [0.25, 0.3) is 0 Å². The molecule has 2 nitrogen and oxygen atoms in total. The molecule has 1 rings (SSSR count). The maximum absolute atomic E-state index is 13.5. The predicted molar refractivity (Wildman–Crippen MR) is 83.5 cm³/mol. The number of aryl methyl sites for hydroxylation is 1. The molecule has 0 aromatic heterocycles. The molecule has 0 heterocycles. The molecule has 0 spiro atoms. The molecule has 0 aliphatic carbocycles. The average molecular weight is 334 g/mol. The van der Waals surface area contributed by atoms with Crippen LogP contribution in [0, 0.1) is 17.5 Å². The molecule has 6 heteroatoms. The molecule has 0 saturated heterocycles. The minimum atomic E-state index is -2.09. The van der Waals surface area contributed by atoms with Crippen LogP contribution < -0.4 is 0 Å². The summed E-state index contributed by atoms with van der Waals surface area (Å²) in [6.07, 6.45) is 2.94. The molecule has 0 aliphatic heterocycles. The van der Waals surface area contributed by atoms with E-state index in [0.717, 1.165) is 31.4 Å². The monoisotopic (exact) mass is 334 g/mol. The zero-order valence-electron chi connectivity index (χ0n) is 13.6. The van der Waals surface area contributed by atoms with Gasteiger partial charge in [-0.25, -0.2) is 13.2 Å². The van der Waals surface area contributed by atoms with Gasteiger partial charge in [-0.3, -0.25) is 0 Å². The second kappa shape index (κ2) is 9.32. The molecule has 1 aromatic carbocycles. The van der Waals surface area contributed by atoms with Gasteiger partial charge >= 0.3 is 8.56 Å². The number of hydrogen-bond donors (Lipinski definition) is 0. The summed E-state index contributed by atoms with van der Waals surface area (Å²) >= 11 is 0. The summed E-state index contributed by atoms with van der Waals surface area (Å²) in [4.78, 5) is 0. The highest BCUT2D eigenvalue weighted by molar-refractivity contribution is 6.66. The van der Waals surface area contributed by atoms with Crippen LogP contribution >= 0.6 is 0 Å². The van der Waals surface area contributed by atoms with E-state index in [-0.39, 0.29) is 5.56 Å². The van der Waals surface area contributed by atoms with Crippen LogP contribution in [0.25, 0.3) is 0 Å². The fourth-order valence-electron chi connectivity index (χ4n) is 2.49. The van der Waals surface area contributed by atoms with E-state index >= 15 is 0 Å². The largest absolute Gasteiger partial charge is 0.395 e. The van der Waals surface area contributed by atoms with E-state index in [4.69, 9.17) is 8.85 Å². The molecule has 0 radical (unpaired) electrons. The van der Waals surface area contributed by atoms with Gasteiger partial charge in [0.05, 0.1) is 0 Å². The van der Waals surface area contributed by atoms with E-state index in [1.54, 1.807) is 0 Å². The fraction of sp³-hybridized carbons (Fsp3) is 0.625. The van der Waals surface area contributed by atoms with Gasteiger partial charge in [0.1, 0.15) is 5.82 Å². The number of halogens is 3. The quantitative estimate of drug-likeness (QED) is 0.342. The summed E-state index contributed by atoms with van der Waals surface area (Å²) in [6, 6.07) is 2.44. The van der Waals surface area contributed by atoms with Gasteiger partial charge in [0, 0.05) is 19.3 Å². The maximum atomic E-state index is 13.5. The molecule has 0 amide bonds. The summed E-state index contributed by atoms with van der Waals surface area (Å²) in [6.45, 7) is 7.24. The lowest BCUT2D eigenvalue weighted by Crippen LogP contribution is -2.38. The molecule has 0 unspecified atom stereocenters. The number of rotatable bonds is 10. The van der Waals surface area contributed by atoms with E-state index in [2.05, 4.69) is 6.55 Å². The first-order chi connectivity index (χ1) is 10.4. The lowest BCUT2D eigenvalue weighted by atomic mass is 10.1. The van der Waals surface area contributed by atoms with E-state index in [1.165, 1.54) is 0 Å². The highest BCUT2D eigenvalue weighted by atomic mass is 28.4. The topological polar surface area (TPSA) is 18.5 Å². The maximum Gasteiger partial charge on any atom is 0.334 e. The van der Waals surface area contributed by atoms with Gasteiger partial charge in [-0.05, 0) is 50.9 Å². The first kappa shape index (κ1) is 19.2. The molecular weight excluding hydrogens is 309 g/mol. The van der Waals surface area contributed by atoms with Gasteiger partial charge < -0.3 is 8.85 Å². The normalized spacial score (nSPS) is 11.9. The summed E-state index contributed by atoms with van der Waals surface area (Å²) in [5, 5.41) is 0. The van der Waals surface area contributed by atoms with Crippen LogP contribution in [0.5, 0.6) is 0 Å². The lowest BCUT2D eigenvalue weighted by molar-refractivity contribution is 0.188. The molecule has 0 bridgehead atoms. The average Bonchev–Trinajstić information content (AvgIpc) is 2.44. The van der Waals surface area contributed by atoms with Crippen LogP contribution in [0.2, 0.25) is 12.6 Å². The molecule has 0 atom stereocenters. The molecule has 0 saturated carbocycles. The first-order valence-electron chi connectivity index (χ1n) is 7.83. The number of hydrogen-bond acceptors (Lipinski definition) is 2. The second-order valence-electron chi connectivity index (χ2n) is 5.42. The third-order valence-corrected chi connectivity index (χ3v) is 6.63. The minimum absolute atomic E-state index is 0.230. The van der Waals surface area contributed by atoms with E-state index < -0.39 is 26.0 Å². The SMILES string of the molecule is CCO[Si](C)(CCCCCc1cc(F)c(F)cc1F)OCC. The Morgan fingerprint density at radius 3 is 2.05 bits per heavy atom. The van der Waals surface area contributed by atoms with Gasteiger partial charge in [0.15, 0.2) is 11.6 Å². The van der Waals surface area contributed by atoms with Crippen LogP contribution in [0.15, 0.2) is 12.1 Å². The standard InChI is InChI=1S/C16H25F3O2Si/c1-4-20-22(3,21-5-2)10-8-6-7-9-13-11-15(18)16(19)12-14(13)17/h11-12H,4-10H2,1-3H3. The summed E-state index contributed by atoms with van der Waals surface area (Å²) in [5.41, 5.74) is 0.230. The molecule has 0 aliphatic rings. The molecular formula is C16H25F3O2Si. The fourth-order valence-corrected chi connectivity index (χ4v) is 4.98. The smallest absolute Gasteiger partial charge is 0.334 e. The zero-order chi connectivity index (χ0) is 16.6. The van der Waals surface area contributed by atoms with Crippen LogP contribution in [0.4, 0.5) is 13.2 Å². The summed E-state index contributed by atoms with van der Waals surface area (Å²) < 4.78 is 50.9. The van der Waals surface area contributed by atoms with Crippen LogP contribution in [0.1, 0.15) is 38.7 Å².